The minimum absolute atomic E-state index is 0.117. The summed E-state index contributed by atoms with van der Waals surface area (Å²) in [4.78, 5) is 13.8. The highest BCUT2D eigenvalue weighted by Gasteiger charge is 2.37. The van der Waals surface area contributed by atoms with Gasteiger partial charge in [0.2, 0.25) is 0 Å². The molecule has 0 saturated heterocycles. The van der Waals surface area contributed by atoms with Gasteiger partial charge in [0, 0.05) is 18.3 Å². The lowest BCUT2D eigenvalue weighted by atomic mass is 9.61. The standard InChI is InChI=1S/C42H77NO/c1-5-8-11-14-16-21-26-31-41-39(29-24-19-17-18-22-27-36-43-37(4)32-35-42(43)44)34-33-38(28-23-13-10-7-3)40(41)30-25-20-15-12-9-6-2/h32,35,38-41H,4-31,33-34,36H2,1-3H3. The predicted octanol–water partition coefficient (Wildman–Crippen LogP) is 13.7. The predicted molar refractivity (Wildman–Crippen MR) is 195 cm³/mol. The number of rotatable bonds is 29. The van der Waals surface area contributed by atoms with Crippen molar-refractivity contribution in [2.45, 2.75) is 207 Å². The van der Waals surface area contributed by atoms with E-state index in [1.54, 1.807) is 6.08 Å². The minimum Gasteiger partial charge on any atom is -0.309 e. The van der Waals surface area contributed by atoms with Gasteiger partial charge < -0.3 is 4.90 Å². The monoisotopic (exact) mass is 612 g/mol. The second-order valence-corrected chi connectivity index (χ2v) is 15.0. The maximum absolute atomic E-state index is 11.9. The Labute approximate surface area is 276 Å². The summed E-state index contributed by atoms with van der Waals surface area (Å²) in [7, 11) is 0. The van der Waals surface area contributed by atoms with Crippen molar-refractivity contribution in [3.8, 4) is 0 Å². The molecule has 1 heterocycles. The van der Waals surface area contributed by atoms with Crippen LogP contribution in [-0.4, -0.2) is 17.4 Å². The molecule has 1 aliphatic heterocycles. The molecule has 256 valence electrons. The Bertz CT molecular complexity index is 722. The molecule has 2 heteroatoms. The number of nitrogens with zero attached hydrogens (tertiary/aromatic N) is 1. The molecule has 1 saturated carbocycles. The van der Waals surface area contributed by atoms with Gasteiger partial charge in [0.15, 0.2) is 0 Å². The molecule has 4 unspecified atom stereocenters. The molecule has 0 aromatic carbocycles. The number of allylic oxidation sites excluding steroid dienone is 1. The molecule has 2 nitrogen and oxygen atoms in total. The van der Waals surface area contributed by atoms with Crippen molar-refractivity contribution in [2.75, 3.05) is 6.54 Å². The topological polar surface area (TPSA) is 20.3 Å². The summed E-state index contributed by atoms with van der Waals surface area (Å²) in [5.41, 5.74) is 0.867. The first-order chi connectivity index (χ1) is 21.6. The minimum atomic E-state index is 0.117. The molecule has 2 rings (SSSR count). The summed E-state index contributed by atoms with van der Waals surface area (Å²) in [5, 5.41) is 0. The van der Waals surface area contributed by atoms with Gasteiger partial charge >= 0.3 is 0 Å². The molecular formula is C42H77NO. The second kappa shape index (κ2) is 26.1. The van der Waals surface area contributed by atoms with E-state index < -0.39 is 0 Å². The summed E-state index contributed by atoms with van der Waals surface area (Å²) < 4.78 is 0. The van der Waals surface area contributed by atoms with E-state index in [1.807, 2.05) is 11.0 Å². The Morgan fingerprint density at radius 3 is 1.30 bits per heavy atom. The van der Waals surface area contributed by atoms with E-state index >= 15 is 0 Å². The van der Waals surface area contributed by atoms with Gasteiger partial charge in [-0.05, 0) is 61.9 Å². The van der Waals surface area contributed by atoms with Gasteiger partial charge in [-0.25, -0.2) is 0 Å². The van der Waals surface area contributed by atoms with Crippen LogP contribution < -0.4 is 0 Å². The van der Waals surface area contributed by atoms with Crippen LogP contribution >= 0.6 is 0 Å². The van der Waals surface area contributed by atoms with E-state index in [0.717, 1.165) is 42.3 Å². The first-order valence-electron chi connectivity index (χ1n) is 20.3. The third kappa shape index (κ3) is 16.5. The molecule has 44 heavy (non-hydrogen) atoms. The SMILES string of the molecule is C=C1C=CC(=O)N1CCCCCCCCC1CCC(CCCCCC)C(CCCCCCCC)C1CCCCCCCCC. The summed E-state index contributed by atoms with van der Waals surface area (Å²) in [6, 6.07) is 0. The molecule has 1 aliphatic carbocycles. The largest absolute Gasteiger partial charge is 0.309 e. The highest BCUT2D eigenvalue weighted by molar-refractivity contribution is 5.92. The van der Waals surface area contributed by atoms with Crippen molar-refractivity contribution >= 4 is 5.91 Å². The Kier molecular flexibility index (Phi) is 23.2. The van der Waals surface area contributed by atoms with Crippen LogP contribution in [0, 0.1) is 23.7 Å². The number of hydrogen-bond acceptors (Lipinski definition) is 1. The molecule has 4 atom stereocenters. The number of hydrogen-bond donors (Lipinski definition) is 0. The van der Waals surface area contributed by atoms with E-state index in [0.29, 0.717) is 0 Å². The van der Waals surface area contributed by atoms with Crippen molar-refractivity contribution in [3.05, 3.63) is 24.4 Å². The first-order valence-corrected chi connectivity index (χ1v) is 20.3. The van der Waals surface area contributed by atoms with Gasteiger partial charge in [-0.3, -0.25) is 4.79 Å². The quantitative estimate of drug-likeness (QED) is 0.0770. The molecule has 0 bridgehead atoms. The zero-order valence-electron chi connectivity index (χ0n) is 30.2. The van der Waals surface area contributed by atoms with Gasteiger partial charge in [0.05, 0.1) is 0 Å². The van der Waals surface area contributed by atoms with Gasteiger partial charge in [0.25, 0.3) is 5.91 Å². The summed E-state index contributed by atoms with van der Waals surface area (Å²) in [5.74, 6) is 4.14. The fourth-order valence-corrected chi connectivity index (χ4v) is 8.63. The lowest BCUT2D eigenvalue weighted by molar-refractivity contribution is -0.123. The van der Waals surface area contributed by atoms with E-state index in [1.165, 1.54) is 180 Å². The molecule has 0 aromatic heterocycles. The van der Waals surface area contributed by atoms with Crippen LogP contribution in [0.4, 0.5) is 0 Å². The van der Waals surface area contributed by atoms with Crippen LogP contribution in [0.15, 0.2) is 24.4 Å². The maximum Gasteiger partial charge on any atom is 0.251 e. The lowest BCUT2D eigenvalue weighted by Gasteiger charge is -2.44. The molecule has 1 fully saturated rings. The normalized spacial score (nSPS) is 22.0. The Morgan fingerprint density at radius 1 is 0.523 bits per heavy atom. The fourth-order valence-electron chi connectivity index (χ4n) is 8.63. The van der Waals surface area contributed by atoms with Crippen molar-refractivity contribution in [2.24, 2.45) is 23.7 Å². The van der Waals surface area contributed by atoms with E-state index in [4.69, 9.17) is 0 Å². The van der Waals surface area contributed by atoms with Gasteiger partial charge in [-0.2, -0.15) is 0 Å². The van der Waals surface area contributed by atoms with E-state index in [-0.39, 0.29) is 5.91 Å². The van der Waals surface area contributed by atoms with Gasteiger partial charge in [-0.1, -0.05) is 181 Å². The Balaban J connectivity index is 1.85. The highest BCUT2D eigenvalue weighted by Crippen LogP contribution is 2.47. The summed E-state index contributed by atoms with van der Waals surface area (Å²) in [6.07, 6.45) is 45.0. The van der Waals surface area contributed by atoms with Crippen LogP contribution in [0.2, 0.25) is 0 Å². The first kappa shape index (κ1) is 39.1. The van der Waals surface area contributed by atoms with Crippen LogP contribution in [0.5, 0.6) is 0 Å². The lowest BCUT2D eigenvalue weighted by Crippen LogP contribution is -2.35. The number of amides is 1. The second-order valence-electron chi connectivity index (χ2n) is 15.0. The molecule has 2 aliphatic rings. The number of carbonyl (C=O) groups excluding carboxylic acids is 1. The molecule has 0 radical (unpaired) electrons. The van der Waals surface area contributed by atoms with E-state index in [2.05, 4.69) is 27.4 Å². The Morgan fingerprint density at radius 2 is 0.886 bits per heavy atom. The number of carbonyl (C=O) groups is 1. The van der Waals surface area contributed by atoms with E-state index in [9.17, 15) is 4.79 Å². The highest BCUT2D eigenvalue weighted by atomic mass is 16.2. The summed E-state index contributed by atoms with van der Waals surface area (Å²) in [6.45, 7) is 11.9. The molecule has 0 spiro atoms. The van der Waals surface area contributed by atoms with Crippen molar-refractivity contribution < 1.29 is 4.79 Å². The zero-order chi connectivity index (χ0) is 31.7. The van der Waals surface area contributed by atoms with Crippen LogP contribution in [-0.2, 0) is 4.79 Å². The third-order valence-electron chi connectivity index (χ3n) is 11.4. The molecule has 1 amide bonds. The summed E-state index contributed by atoms with van der Waals surface area (Å²) >= 11 is 0. The Hall–Kier alpha value is -1.05. The van der Waals surface area contributed by atoms with Crippen molar-refractivity contribution in [1.29, 1.82) is 0 Å². The zero-order valence-corrected chi connectivity index (χ0v) is 30.2. The molecule has 0 aromatic rings. The smallest absolute Gasteiger partial charge is 0.251 e. The third-order valence-corrected chi connectivity index (χ3v) is 11.4. The van der Waals surface area contributed by atoms with Gasteiger partial charge in [-0.15, -0.1) is 0 Å². The molecule has 0 N–H and O–H groups in total. The van der Waals surface area contributed by atoms with Crippen LogP contribution in [0.1, 0.15) is 207 Å². The van der Waals surface area contributed by atoms with Crippen molar-refractivity contribution in [3.63, 3.8) is 0 Å². The van der Waals surface area contributed by atoms with Crippen LogP contribution in [0.25, 0.3) is 0 Å². The molecular weight excluding hydrogens is 534 g/mol. The van der Waals surface area contributed by atoms with Crippen LogP contribution in [0.3, 0.4) is 0 Å². The van der Waals surface area contributed by atoms with Crippen molar-refractivity contribution in [1.82, 2.24) is 4.90 Å². The number of unbranched alkanes of at least 4 members (excludes halogenated alkanes) is 19. The van der Waals surface area contributed by atoms with Gasteiger partial charge in [0.1, 0.15) is 0 Å². The average Bonchev–Trinajstić information content (AvgIpc) is 3.35. The average molecular weight is 612 g/mol. The maximum atomic E-state index is 11.9. The fraction of sp³-hybridized carbons (Fsp3) is 0.881.